The van der Waals surface area contributed by atoms with Gasteiger partial charge in [-0.3, -0.25) is 0 Å². The molecular formula is C11H21NO2. The minimum Gasteiger partial charge on any atom is -0.379 e. The molecule has 2 fully saturated rings. The van der Waals surface area contributed by atoms with Gasteiger partial charge in [-0.05, 0) is 26.3 Å². The van der Waals surface area contributed by atoms with E-state index in [1.165, 1.54) is 25.7 Å². The monoisotopic (exact) mass is 199 g/mol. The third kappa shape index (κ3) is 2.27. The van der Waals surface area contributed by atoms with Crippen LogP contribution in [-0.4, -0.2) is 38.5 Å². The van der Waals surface area contributed by atoms with Crippen molar-refractivity contribution in [2.24, 2.45) is 0 Å². The molecule has 82 valence electrons. The van der Waals surface area contributed by atoms with E-state index in [9.17, 15) is 0 Å². The lowest BCUT2D eigenvalue weighted by Crippen LogP contribution is -2.42. The fraction of sp³-hybridized carbons (Fsp3) is 1.00. The summed E-state index contributed by atoms with van der Waals surface area (Å²) >= 11 is 0. The average molecular weight is 199 g/mol. The van der Waals surface area contributed by atoms with Gasteiger partial charge in [-0.2, -0.15) is 0 Å². The van der Waals surface area contributed by atoms with E-state index < -0.39 is 0 Å². The second-order valence-corrected chi connectivity index (χ2v) is 4.52. The van der Waals surface area contributed by atoms with Crippen LogP contribution in [0.25, 0.3) is 0 Å². The Balaban J connectivity index is 1.89. The largest absolute Gasteiger partial charge is 0.379 e. The minimum atomic E-state index is 0.118. The molecule has 1 aliphatic heterocycles. The molecule has 1 unspecified atom stereocenters. The van der Waals surface area contributed by atoms with Crippen molar-refractivity contribution in [3.63, 3.8) is 0 Å². The molecule has 1 saturated carbocycles. The van der Waals surface area contributed by atoms with E-state index in [1.807, 2.05) is 7.05 Å². The van der Waals surface area contributed by atoms with Crippen molar-refractivity contribution in [3.05, 3.63) is 0 Å². The zero-order chi connectivity index (χ0) is 9.86. The number of rotatable bonds is 4. The van der Waals surface area contributed by atoms with Crippen molar-refractivity contribution in [1.29, 1.82) is 0 Å². The lowest BCUT2D eigenvalue weighted by Gasteiger charge is -2.32. The molecule has 0 aromatic rings. The highest BCUT2D eigenvalue weighted by atomic mass is 16.6. The zero-order valence-corrected chi connectivity index (χ0v) is 9.05. The quantitative estimate of drug-likeness (QED) is 0.741. The molecule has 0 aromatic heterocycles. The van der Waals surface area contributed by atoms with Crippen molar-refractivity contribution in [2.45, 2.75) is 43.8 Å². The van der Waals surface area contributed by atoms with Gasteiger partial charge in [0.1, 0.15) is 0 Å². The molecule has 1 heterocycles. The number of hydrogen-bond donors (Lipinski definition) is 1. The Hall–Kier alpha value is -0.120. The first-order valence-electron chi connectivity index (χ1n) is 5.75. The highest BCUT2D eigenvalue weighted by Crippen LogP contribution is 2.34. The fourth-order valence-corrected chi connectivity index (χ4v) is 2.64. The van der Waals surface area contributed by atoms with Gasteiger partial charge in [0.05, 0.1) is 18.3 Å². The summed E-state index contributed by atoms with van der Waals surface area (Å²) in [7, 11) is 2.01. The molecule has 0 bridgehead atoms. The maximum absolute atomic E-state index is 6.21. The number of ether oxygens (including phenoxy) is 2. The van der Waals surface area contributed by atoms with E-state index in [2.05, 4.69) is 5.32 Å². The van der Waals surface area contributed by atoms with Gasteiger partial charge >= 0.3 is 0 Å². The third-order valence-electron chi connectivity index (χ3n) is 3.32. The molecule has 1 atom stereocenters. The van der Waals surface area contributed by atoms with Gasteiger partial charge < -0.3 is 14.8 Å². The zero-order valence-electron chi connectivity index (χ0n) is 9.05. The Morgan fingerprint density at radius 2 is 2.21 bits per heavy atom. The summed E-state index contributed by atoms with van der Waals surface area (Å²) in [6, 6.07) is 0. The third-order valence-corrected chi connectivity index (χ3v) is 3.32. The van der Waals surface area contributed by atoms with E-state index in [4.69, 9.17) is 9.47 Å². The van der Waals surface area contributed by atoms with Crippen molar-refractivity contribution in [2.75, 3.05) is 26.8 Å². The van der Waals surface area contributed by atoms with Crippen LogP contribution in [0.3, 0.4) is 0 Å². The van der Waals surface area contributed by atoms with Crippen LogP contribution in [0.4, 0.5) is 0 Å². The molecule has 1 N–H and O–H groups in total. The number of nitrogens with one attached hydrogen (secondary N) is 1. The highest BCUT2D eigenvalue weighted by molar-refractivity contribution is 4.89. The summed E-state index contributed by atoms with van der Waals surface area (Å²) in [5.41, 5.74) is 0.118. The molecule has 0 aromatic carbocycles. The van der Waals surface area contributed by atoms with Gasteiger partial charge in [0.25, 0.3) is 0 Å². The smallest absolute Gasteiger partial charge is 0.0838 e. The predicted molar refractivity (Wildman–Crippen MR) is 55.4 cm³/mol. The Labute approximate surface area is 86.2 Å². The Morgan fingerprint density at radius 1 is 1.43 bits per heavy atom. The van der Waals surface area contributed by atoms with Gasteiger partial charge in [-0.1, -0.05) is 12.8 Å². The Kier molecular flexibility index (Phi) is 3.42. The molecule has 2 rings (SSSR count). The van der Waals surface area contributed by atoms with E-state index in [0.717, 1.165) is 26.2 Å². The summed E-state index contributed by atoms with van der Waals surface area (Å²) in [5, 5.41) is 3.26. The summed E-state index contributed by atoms with van der Waals surface area (Å²) < 4.78 is 11.6. The molecule has 14 heavy (non-hydrogen) atoms. The number of hydrogen-bond acceptors (Lipinski definition) is 3. The van der Waals surface area contributed by atoms with Crippen LogP contribution in [0.2, 0.25) is 0 Å². The normalized spacial score (nSPS) is 31.1. The fourth-order valence-electron chi connectivity index (χ4n) is 2.64. The second-order valence-electron chi connectivity index (χ2n) is 4.52. The molecule has 0 amide bonds. The minimum absolute atomic E-state index is 0.118. The predicted octanol–water partition coefficient (Wildman–Crippen LogP) is 1.32. The topological polar surface area (TPSA) is 30.5 Å². The first-order chi connectivity index (χ1) is 6.85. The van der Waals surface area contributed by atoms with Gasteiger partial charge in [-0.15, -0.1) is 0 Å². The van der Waals surface area contributed by atoms with E-state index in [0.29, 0.717) is 6.10 Å². The molecule has 0 radical (unpaired) electrons. The lowest BCUT2D eigenvalue weighted by molar-refractivity contribution is -0.0879. The van der Waals surface area contributed by atoms with Crippen LogP contribution in [0, 0.1) is 0 Å². The van der Waals surface area contributed by atoms with Crippen LogP contribution < -0.4 is 5.32 Å². The molecule has 3 heteroatoms. The van der Waals surface area contributed by atoms with Crippen molar-refractivity contribution in [1.82, 2.24) is 5.32 Å². The van der Waals surface area contributed by atoms with E-state index >= 15 is 0 Å². The van der Waals surface area contributed by atoms with E-state index in [-0.39, 0.29) is 5.60 Å². The Bertz CT molecular complexity index is 172. The van der Waals surface area contributed by atoms with Gasteiger partial charge in [-0.25, -0.2) is 0 Å². The van der Waals surface area contributed by atoms with Gasteiger partial charge in [0.2, 0.25) is 0 Å². The molecule has 0 spiro atoms. The summed E-state index contributed by atoms with van der Waals surface area (Å²) in [5.74, 6) is 0. The van der Waals surface area contributed by atoms with Crippen molar-refractivity contribution in [3.8, 4) is 0 Å². The van der Waals surface area contributed by atoms with Crippen LogP contribution >= 0.6 is 0 Å². The van der Waals surface area contributed by atoms with Crippen LogP contribution in [0.1, 0.15) is 32.1 Å². The first-order valence-corrected chi connectivity index (χ1v) is 5.75. The SMILES string of the molecule is CNCC1(OC2CCOC2)CCCC1. The summed E-state index contributed by atoms with van der Waals surface area (Å²) in [4.78, 5) is 0. The summed E-state index contributed by atoms with van der Waals surface area (Å²) in [6.45, 7) is 2.66. The van der Waals surface area contributed by atoms with Crippen molar-refractivity contribution < 1.29 is 9.47 Å². The maximum atomic E-state index is 6.21. The van der Waals surface area contributed by atoms with Crippen molar-refractivity contribution >= 4 is 0 Å². The lowest BCUT2D eigenvalue weighted by atomic mass is 10.0. The first kappa shape index (κ1) is 10.4. The standard InChI is InChI=1S/C11H21NO2/c1-12-9-11(5-2-3-6-11)14-10-4-7-13-8-10/h10,12H,2-9H2,1H3. The summed E-state index contributed by atoms with van der Waals surface area (Å²) in [6.07, 6.45) is 6.48. The maximum Gasteiger partial charge on any atom is 0.0838 e. The Morgan fingerprint density at radius 3 is 2.79 bits per heavy atom. The average Bonchev–Trinajstić information content (AvgIpc) is 2.78. The van der Waals surface area contributed by atoms with Crippen LogP contribution in [0.15, 0.2) is 0 Å². The van der Waals surface area contributed by atoms with Gasteiger partial charge in [0.15, 0.2) is 0 Å². The van der Waals surface area contributed by atoms with Crippen LogP contribution in [0.5, 0.6) is 0 Å². The molecule has 3 nitrogen and oxygen atoms in total. The molecule has 1 aliphatic carbocycles. The number of likely N-dealkylation sites (N-methyl/N-ethyl adjacent to an activating group) is 1. The van der Waals surface area contributed by atoms with Gasteiger partial charge in [0, 0.05) is 13.2 Å². The molecule has 1 saturated heterocycles. The van der Waals surface area contributed by atoms with E-state index in [1.54, 1.807) is 0 Å². The van der Waals surface area contributed by atoms with Crippen LogP contribution in [-0.2, 0) is 9.47 Å². The molecule has 2 aliphatic rings. The molecular weight excluding hydrogens is 178 g/mol. The second kappa shape index (κ2) is 4.60. The highest BCUT2D eigenvalue weighted by Gasteiger charge is 2.37.